The van der Waals surface area contributed by atoms with Crippen molar-refractivity contribution in [3.8, 4) is 0 Å². The molecule has 0 atom stereocenters. The molecule has 1 aromatic heterocycles. The SMILES string of the molecule is FC(F)c1nc(Br)cc(CCl)c1Cl. The molecule has 0 bridgehead atoms. The molecule has 6 heteroatoms. The molecule has 0 amide bonds. The molecular weight excluding hydrogens is 287 g/mol. The van der Waals surface area contributed by atoms with E-state index in [-0.39, 0.29) is 10.9 Å². The van der Waals surface area contributed by atoms with E-state index in [0.717, 1.165) is 0 Å². The molecule has 0 unspecified atom stereocenters. The summed E-state index contributed by atoms with van der Waals surface area (Å²) in [5.74, 6) is 0.0830. The van der Waals surface area contributed by atoms with E-state index in [1.54, 1.807) is 0 Å². The van der Waals surface area contributed by atoms with Gasteiger partial charge < -0.3 is 0 Å². The van der Waals surface area contributed by atoms with Crippen molar-refractivity contribution in [2.45, 2.75) is 12.3 Å². The zero-order chi connectivity index (χ0) is 10.0. The Morgan fingerprint density at radius 3 is 2.62 bits per heavy atom. The number of hydrogen-bond acceptors (Lipinski definition) is 1. The molecule has 0 saturated carbocycles. The van der Waals surface area contributed by atoms with E-state index in [0.29, 0.717) is 10.2 Å². The van der Waals surface area contributed by atoms with Crippen LogP contribution in [0, 0.1) is 0 Å². The minimum atomic E-state index is -2.69. The monoisotopic (exact) mass is 289 g/mol. The van der Waals surface area contributed by atoms with Crippen molar-refractivity contribution in [2.24, 2.45) is 0 Å². The van der Waals surface area contributed by atoms with E-state index in [4.69, 9.17) is 23.2 Å². The molecule has 72 valence electrons. The maximum atomic E-state index is 12.3. The van der Waals surface area contributed by atoms with Crippen LogP contribution >= 0.6 is 39.1 Å². The van der Waals surface area contributed by atoms with Gasteiger partial charge in [0.25, 0.3) is 6.43 Å². The maximum Gasteiger partial charge on any atom is 0.281 e. The summed E-state index contributed by atoms with van der Waals surface area (Å²) in [6.07, 6.45) is -2.69. The minimum absolute atomic E-state index is 0.0619. The van der Waals surface area contributed by atoms with E-state index in [9.17, 15) is 8.78 Å². The number of aromatic nitrogens is 1. The van der Waals surface area contributed by atoms with E-state index in [2.05, 4.69) is 20.9 Å². The molecule has 1 heterocycles. The first-order valence-corrected chi connectivity index (χ1v) is 4.95. The van der Waals surface area contributed by atoms with Gasteiger partial charge in [-0.05, 0) is 27.6 Å². The second-order valence-electron chi connectivity index (χ2n) is 2.24. The Kier molecular flexibility index (Phi) is 3.88. The fraction of sp³-hybridized carbons (Fsp3) is 0.286. The Balaban J connectivity index is 3.27. The highest BCUT2D eigenvalue weighted by atomic mass is 79.9. The van der Waals surface area contributed by atoms with Crippen LogP contribution in [0.2, 0.25) is 5.02 Å². The van der Waals surface area contributed by atoms with Crippen molar-refractivity contribution in [3.05, 3.63) is 26.9 Å². The van der Waals surface area contributed by atoms with E-state index in [1.165, 1.54) is 6.07 Å². The third-order valence-corrected chi connectivity index (χ3v) is 2.51. The third kappa shape index (κ3) is 2.51. The van der Waals surface area contributed by atoms with Gasteiger partial charge in [0.15, 0.2) is 0 Å². The molecule has 13 heavy (non-hydrogen) atoms. The van der Waals surface area contributed by atoms with Crippen LogP contribution in [-0.4, -0.2) is 4.98 Å². The first-order valence-electron chi connectivity index (χ1n) is 3.25. The lowest BCUT2D eigenvalue weighted by molar-refractivity contribution is 0.146. The summed E-state index contributed by atoms with van der Waals surface area (Å²) < 4.78 is 24.9. The molecule has 0 radical (unpaired) electrons. The number of halogens is 5. The van der Waals surface area contributed by atoms with Crippen molar-refractivity contribution in [3.63, 3.8) is 0 Å². The van der Waals surface area contributed by atoms with Gasteiger partial charge in [0, 0.05) is 5.88 Å². The Hall–Kier alpha value is 0.0700. The highest BCUT2D eigenvalue weighted by molar-refractivity contribution is 9.10. The zero-order valence-electron chi connectivity index (χ0n) is 6.20. The Morgan fingerprint density at radius 1 is 1.54 bits per heavy atom. The number of rotatable bonds is 2. The van der Waals surface area contributed by atoms with E-state index < -0.39 is 12.1 Å². The van der Waals surface area contributed by atoms with Gasteiger partial charge in [-0.2, -0.15) is 0 Å². The van der Waals surface area contributed by atoms with Crippen LogP contribution in [0.1, 0.15) is 17.7 Å². The van der Waals surface area contributed by atoms with Crippen molar-refractivity contribution in [1.29, 1.82) is 0 Å². The predicted molar refractivity (Wildman–Crippen MR) is 51.5 cm³/mol. The first-order chi connectivity index (χ1) is 6.06. The number of hydrogen-bond donors (Lipinski definition) is 0. The molecule has 1 rings (SSSR count). The molecule has 0 aliphatic rings. The van der Waals surface area contributed by atoms with Crippen molar-refractivity contribution < 1.29 is 8.78 Å². The van der Waals surface area contributed by atoms with Crippen LogP contribution in [0.5, 0.6) is 0 Å². The third-order valence-electron chi connectivity index (χ3n) is 1.38. The molecule has 0 aliphatic carbocycles. The quantitative estimate of drug-likeness (QED) is 0.588. The molecule has 0 aliphatic heterocycles. The van der Waals surface area contributed by atoms with Gasteiger partial charge in [-0.15, -0.1) is 11.6 Å². The second kappa shape index (κ2) is 4.53. The Morgan fingerprint density at radius 2 is 2.15 bits per heavy atom. The summed E-state index contributed by atoms with van der Waals surface area (Å²) in [4.78, 5) is 3.56. The lowest BCUT2D eigenvalue weighted by Gasteiger charge is -2.06. The predicted octanol–water partition coefficient (Wildman–Crippen LogP) is 4.17. The average Bonchev–Trinajstić information content (AvgIpc) is 2.08. The fourth-order valence-electron chi connectivity index (χ4n) is 0.810. The second-order valence-corrected chi connectivity index (χ2v) is 3.70. The van der Waals surface area contributed by atoms with Gasteiger partial charge in [-0.3, -0.25) is 0 Å². The first kappa shape index (κ1) is 11.1. The number of pyridine rings is 1. The Bertz CT molecular complexity index is 320. The largest absolute Gasteiger partial charge is 0.281 e. The summed E-state index contributed by atoms with van der Waals surface area (Å²) in [5, 5.41) is -0.0619. The summed E-state index contributed by atoms with van der Waals surface area (Å²) in [6, 6.07) is 1.52. The molecular formula is C7H4BrCl2F2N. The van der Waals surface area contributed by atoms with Crippen LogP contribution < -0.4 is 0 Å². The molecule has 0 saturated heterocycles. The highest BCUT2D eigenvalue weighted by Crippen LogP contribution is 2.30. The summed E-state index contributed by atoms with van der Waals surface area (Å²) in [6.45, 7) is 0. The Labute approximate surface area is 92.2 Å². The van der Waals surface area contributed by atoms with Crippen LogP contribution in [-0.2, 0) is 5.88 Å². The van der Waals surface area contributed by atoms with Gasteiger partial charge in [-0.25, -0.2) is 13.8 Å². The molecule has 0 spiro atoms. The normalized spacial score (nSPS) is 10.9. The number of nitrogens with zero attached hydrogens (tertiary/aromatic N) is 1. The van der Waals surface area contributed by atoms with E-state index >= 15 is 0 Å². The van der Waals surface area contributed by atoms with Gasteiger partial charge >= 0.3 is 0 Å². The van der Waals surface area contributed by atoms with Crippen LogP contribution in [0.3, 0.4) is 0 Å². The molecule has 1 nitrogen and oxygen atoms in total. The van der Waals surface area contributed by atoms with Gasteiger partial charge in [0.2, 0.25) is 0 Å². The van der Waals surface area contributed by atoms with Crippen LogP contribution in [0.15, 0.2) is 10.7 Å². The zero-order valence-corrected chi connectivity index (χ0v) is 9.30. The molecule has 0 N–H and O–H groups in total. The fourth-order valence-corrected chi connectivity index (χ4v) is 1.80. The topological polar surface area (TPSA) is 12.9 Å². The highest BCUT2D eigenvalue weighted by Gasteiger charge is 2.17. The summed E-state index contributed by atoms with van der Waals surface area (Å²) >= 11 is 14.1. The molecule has 1 aromatic rings. The van der Waals surface area contributed by atoms with Crippen LogP contribution in [0.25, 0.3) is 0 Å². The minimum Gasteiger partial charge on any atom is -0.238 e. The average molecular weight is 291 g/mol. The molecule has 0 aromatic carbocycles. The lowest BCUT2D eigenvalue weighted by Crippen LogP contribution is -1.96. The van der Waals surface area contributed by atoms with E-state index in [1.807, 2.05) is 0 Å². The smallest absolute Gasteiger partial charge is 0.238 e. The standard InChI is InChI=1S/C7H4BrCl2F2N/c8-4-1-3(2-9)5(10)6(13-4)7(11)12/h1,7H,2H2. The van der Waals surface area contributed by atoms with Crippen LogP contribution in [0.4, 0.5) is 8.78 Å². The molecule has 0 fully saturated rings. The van der Waals surface area contributed by atoms with Gasteiger partial charge in [0.05, 0.1) is 5.02 Å². The number of alkyl halides is 3. The summed E-state index contributed by atoms with van der Waals surface area (Å²) in [5.41, 5.74) is 0.00667. The van der Waals surface area contributed by atoms with Gasteiger partial charge in [0.1, 0.15) is 10.3 Å². The van der Waals surface area contributed by atoms with Crippen molar-refractivity contribution in [2.75, 3.05) is 0 Å². The van der Waals surface area contributed by atoms with Crippen molar-refractivity contribution in [1.82, 2.24) is 4.98 Å². The van der Waals surface area contributed by atoms with Crippen molar-refractivity contribution >= 4 is 39.1 Å². The lowest BCUT2D eigenvalue weighted by atomic mass is 10.2. The van der Waals surface area contributed by atoms with Gasteiger partial charge in [-0.1, -0.05) is 11.6 Å². The maximum absolute atomic E-state index is 12.3. The summed E-state index contributed by atoms with van der Waals surface area (Å²) in [7, 11) is 0.